The Hall–Kier alpha value is -1.51. The van der Waals surface area contributed by atoms with Gasteiger partial charge in [0.1, 0.15) is 5.75 Å². The van der Waals surface area contributed by atoms with E-state index in [0.29, 0.717) is 12.0 Å². The van der Waals surface area contributed by atoms with E-state index in [2.05, 4.69) is 19.9 Å². The van der Waals surface area contributed by atoms with E-state index < -0.39 is 6.10 Å². The average molecular weight is 289 g/mol. The molecule has 3 heteroatoms. The molecule has 1 aromatic rings. The molecule has 0 N–H and O–H groups in total. The first-order chi connectivity index (χ1) is 10.0. The van der Waals surface area contributed by atoms with E-state index in [1.54, 1.807) is 0 Å². The lowest BCUT2D eigenvalue weighted by Crippen LogP contribution is -2.43. The van der Waals surface area contributed by atoms with Crippen LogP contribution in [0.15, 0.2) is 24.3 Å². The average Bonchev–Trinajstić information content (AvgIpc) is 3.00. The Morgan fingerprint density at radius 3 is 2.43 bits per heavy atom. The van der Waals surface area contributed by atoms with Crippen molar-refractivity contribution < 1.29 is 9.53 Å². The van der Waals surface area contributed by atoms with Crippen molar-refractivity contribution in [2.45, 2.75) is 64.5 Å². The molecular formula is C18H27NO2. The second kappa shape index (κ2) is 6.97. The molecular weight excluding hydrogens is 262 g/mol. The standard InChI is InChI=1S/C18H27NO2/c1-13(2)16-11-7-8-12-17(16)21-14(3)18(20)19(4)15-9-5-6-10-15/h7-8,11-15H,5-6,9-10H2,1-4H3/t14-/m0/s1. The van der Waals surface area contributed by atoms with Gasteiger partial charge in [0.25, 0.3) is 5.91 Å². The van der Waals surface area contributed by atoms with E-state index in [4.69, 9.17) is 4.74 Å². The van der Waals surface area contributed by atoms with Crippen molar-refractivity contribution in [3.8, 4) is 5.75 Å². The maximum Gasteiger partial charge on any atom is 0.263 e. The third-order valence-electron chi connectivity index (χ3n) is 4.41. The molecule has 1 aromatic carbocycles. The zero-order valence-electron chi connectivity index (χ0n) is 13.6. The van der Waals surface area contributed by atoms with Gasteiger partial charge in [-0.25, -0.2) is 0 Å². The Kier molecular flexibility index (Phi) is 5.27. The van der Waals surface area contributed by atoms with Gasteiger partial charge in [-0.2, -0.15) is 0 Å². The van der Waals surface area contributed by atoms with Crippen molar-refractivity contribution >= 4 is 5.91 Å². The molecule has 1 fully saturated rings. The normalized spacial score (nSPS) is 17.0. The van der Waals surface area contributed by atoms with Crippen LogP contribution in [0.2, 0.25) is 0 Å². The van der Waals surface area contributed by atoms with E-state index in [1.165, 1.54) is 12.8 Å². The highest BCUT2D eigenvalue weighted by molar-refractivity contribution is 5.81. The number of rotatable bonds is 5. The van der Waals surface area contributed by atoms with Gasteiger partial charge in [0, 0.05) is 13.1 Å². The van der Waals surface area contributed by atoms with Crippen LogP contribution in [0.25, 0.3) is 0 Å². The van der Waals surface area contributed by atoms with Gasteiger partial charge >= 0.3 is 0 Å². The number of amides is 1. The lowest BCUT2D eigenvalue weighted by atomic mass is 10.0. The first-order valence-electron chi connectivity index (χ1n) is 8.03. The van der Waals surface area contributed by atoms with Crippen molar-refractivity contribution in [3.63, 3.8) is 0 Å². The SMILES string of the molecule is CC(C)c1ccccc1O[C@@H](C)C(=O)N(C)C1CCCC1. The molecule has 0 unspecified atom stereocenters. The molecule has 1 saturated carbocycles. The number of para-hydroxylation sites is 1. The third-order valence-corrected chi connectivity index (χ3v) is 4.41. The first kappa shape index (κ1) is 15.9. The van der Waals surface area contributed by atoms with Gasteiger partial charge in [-0.05, 0) is 37.3 Å². The molecule has 116 valence electrons. The maximum atomic E-state index is 12.5. The van der Waals surface area contributed by atoms with Crippen molar-refractivity contribution in [1.29, 1.82) is 0 Å². The molecule has 1 aliphatic carbocycles. The van der Waals surface area contributed by atoms with E-state index in [1.807, 2.05) is 37.1 Å². The van der Waals surface area contributed by atoms with Crippen LogP contribution >= 0.6 is 0 Å². The van der Waals surface area contributed by atoms with Gasteiger partial charge in [0.05, 0.1) is 0 Å². The summed E-state index contributed by atoms with van der Waals surface area (Å²) >= 11 is 0. The Morgan fingerprint density at radius 1 is 1.19 bits per heavy atom. The first-order valence-corrected chi connectivity index (χ1v) is 8.03. The molecule has 0 radical (unpaired) electrons. The predicted octanol–water partition coefficient (Wildman–Crippen LogP) is 3.98. The molecule has 1 atom stereocenters. The van der Waals surface area contributed by atoms with Crippen LogP contribution in [0.4, 0.5) is 0 Å². The highest BCUT2D eigenvalue weighted by Crippen LogP contribution is 2.28. The van der Waals surface area contributed by atoms with Crippen molar-refractivity contribution in [1.82, 2.24) is 4.90 Å². The number of carbonyl (C=O) groups is 1. The molecule has 0 heterocycles. The predicted molar refractivity (Wildman–Crippen MR) is 85.6 cm³/mol. The summed E-state index contributed by atoms with van der Waals surface area (Å²) in [4.78, 5) is 14.4. The summed E-state index contributed by atoms with van der Waals surface area (Å²) in [5, 5.41) is 0. The summed E-state index contributed by atoms with van der Waals surface area (Å²) in [5.74, 6) is 1.30. The molecule has 3 nitrogen and oxygen atoms in total. The zero-order chi connectivity index (χ0) is 15.4. The monoisotopic (exact) mass is 289 g/mol. The topological polar surface area (TPSA) is 29.5 Å². The van der Waals surface area contributed by atoms with Crippen LogP contribution in [-0.4, -0.2) is 30.0 Å². The summed E-state index contributed by atoms with van der Waals surface area (Å²) in [6.45, 7) is 6.13. The van der Waals surface area contributed by atoms with Gasteiger partial charge in [0.15, 0.2) is 6.10 Å². The van der Waals surface area contributed by atoms with Gasteiger partial charge < -0.3 is 9.64 Å². The van der Waals surface area contributed by atoms with Crippen LogP contribution in [0.5, 0.6) is 5.75 Å². The fourth-order valence-electron chi connectivity index (χ4n) is 3.06. The van der Waals surface area contributed by atoms with Gasteiger partial charge in [-0.15, -0.1) is 0 Å². The fraction of sp³-hybridized carbons (Fsp3) is 0.611. The minimum absolute atomic E-state index is 0.0838. The zero-order valence-corrected chi connectivity index (χ0v) is 13.6. The number of nitrogens with zero attached hydrogens (tertiary/aromatic N) is 1. The minimum atomic E-state index is -0.435. The number of hydrogen-bond acceptors (Lipinski definition) is 2. The van der Waals surface area contributed by atoms with Crippen molar-refractivity contribution in [3.05, 3.63) is 29.8 Å². The Morgan fingerprint density at radius 2 is 1.81 bits per heavy atom. The number of carbonyl (C=O) groups excluding carboxylic acids is 1. The fourth-order valence-corrected chi connectivity index (χ4v) is 3.06. The quantitative estimate of drug-likeness (QED) is 0.820. The molecule has 0 aromatic heterocycles. The van der Waals surface area contributed by atoms with Crippen LogP contribution in [0.3, 0.4) is 0 Å². The molecule has 1 aliphatic rings. The molecule has 0 spiro atoms. The van der Waals surface area contributed by atoms with Crippen LogP contribution < -0.4 is 4.74 Å². The maximum absolute atomic E-state index is 12.5. The highest BCUT2D eigenvalue weighted by atomic mass is 16.5. The van der Waals surface area contributed by atoms with E-state index in [-0.39, 0.29) is 5.91 Å². The lowest BCUT2D eigenvalue weighted by molar-refractivity contribution is -0.138. The number of hydrogen-bond donors (Lipinski definition) is 0. The lowest BCUT2D eigenvalue weighted by Gasteiger charge is -2.28. The van der Waals surface area contributed by atoms with Crippen molar-refractivity contribution in [2.75, 3.05) is 7.05 Å². The van der Waals surface area contributed by atoms with Crippen LogP contribution in [0.1, 0.15) is 57.9 Å². The summed E-state index contributed by atoms with van der Waals surface area (Å²) in [7, 11) is 1.91. The smallest absolute Gasteiger partial charge is 0.263 e. The third kappa shape index (κ3) is 3.78. The molecule has 2 rings (SSSR count). The van der Waals surface area contributed by atoms with Gasteiger partial charge in [-0.3, -0.25) is 4.79 Å². The van der Waals surface area contributed by atoms with E-state index in [0.717, 1.165) is 24.2 Å². The highest BCUT2D eigenvalue weighted by Gasteiger charge is 2.27. The van der Waals surface area contributed by atoms with Crippen molar-refractivity contribution in [2.24, 2.45) is 0 Å². The van der Waals surface area contributed by atoms with E-state index in [9.17, 15) is 4.79 Å². The van der Waals surface area contributed by atoms with Crippen LogP contribution in [-0.2, 0) is 4.79 Å². The number of ether oxygens (including phenoxy) is 1. The molecule has 0 saturated heterocycles. The molecule has 0 aliphatic heterocycles. The molecule has 0 bridgehead atoms. The minimum Gasteiger partial charge on any atom is -0.481 e. The second-order valence-electron chi connectivity index (χ2n) is 6.34. The van der Waals surface area contributed by atoms with E-state index >= 15 is 0 Å². The summed E-state index contributed by atoms with van der Waals surface area (Å²) < 4.78 is 5.96. The van der Waals surface area contributed by atoms with Gasteiger partial charge in [-0.1, -0.05) is 44.9 Å². The second-order valence-corrected chi connectivity index (χ2v) is 6.34. The molecule has 1 amide bonds. The Labute approximate surface area is 128 Å². The van der Waals surface area contributed by atoms with Crippen LogP contribution in [0, 0.1) is 0 Å². The summed E-state index contributed by atoms with van der Waals surface area (Å²) in [5.41, 5.74) is 1.15. The van der Waals surface area contributed by atoms with Gasteiger partial charge in [0.2, 0.25) is 0 Å². The summed E-state index contributed by atoms with van der Waals surface area (Å²) in [6, 6.07) is 8.38. The molecule has 21 heavy (non-hydrogen) atoms. The Bertz CT molecular complexity index is 478. The Balaban J connectivity index is 2.03. The number of likely N-dealkylation sites (N-methyl/N-ethyl adjacent to an activating group) is 1. The largest absolute Gasteiger partial charge is 0.481 e. The number of benzene rings is 1. The summed E-state index contributed by atoms with van der Waals surface area (Å²) in [6.07, 6.45) is 4.27.